The fourth-order valence-corrected chi connectivity index (χ4v) is 14.2. The molecular formula is C62H102N4O46. The summed E-state index contributed by atoms with van der Waals surface area (Å²) >= 11 is 0. The Bertz CT molecular complexity index is 3090. The second-order valence-electron chi connectivity index (χ2n) is 28.2. The number of aliphatic carboxylic acids is 2. The number of carboxylic acids is 2. The number of hydrogen-bond acceptors (Lipinski definition) is 44. The molecule has 0 aromatic rings. The van der Waals surface area contributed by atoms with E-state index in [1.54, 1.807) is 0 Å². The number of aliphatic hydroxyl groups is 23. The Morgan fingerprint density at radius 3 is 1.32 bits per heavy atom. The summed E-state index contributed by atoms with van der Waals surface area (Å²) in [5.41, 5.74) is 0. The van der Waals surface area contributed by atoms with Crippen molar-refractivity contribution in [3.8, 4) is 0 Å². The Hall–Kier alpha value is -4.70. The van der Waals surface area contributed by atoms with Gasteiger partial charge in [0.05, 0.1) is 76.6 Å². The van der Waals surface area contributed by atoms with Crippen LogP contribution in [0.3, 0.4) is 0 Å². The van der Waals surface area contributed by atoms with E-state index in [0.717, 1.165) is 27.7 Å². The molecular weight excluding hydrogens is 1540 g/mol. The van der Waals surface area contributed by atoms with E-state index in [2.05, 4.69) is 21.3 Å². The number of aliphatic hydroxyl groups excluding tert-OH is 23. The van der Waals surface area contributed by atoms with E-state index in [-0.39, 0.29) is 0 Å². The van der Waals surface area contributed by atoms with Crippen LogP contribution in [0.5, 0.6) is 0 Å². The third kappa shape index (κ3) is 20.3. The van der Waals surface area contributed by atoms with Crippen molar-refractivity contribution < 1.29 is 227 Å². The van der Waals surface area contributed by atoms with Gasteiger partial charge in [0.15, 0.2) is 37.7 Å². The van der Waals surface area contributed by atoms with Crippen molar-refractivity contribution in [2.24, 2.45) is 0 Å². The fourth-order valence-electron chi connectivity index (χ4n) is 14.2. The molecule has 0 radical (unpaired) electrons. The third-order valence-electron chi connectivity index (χ3n) is 20.2. The van der Waals surface area contributed by atoms with E-state index in [9.17, 15) is 156 Å². The van der Waals surface area contributed by atoms with Gasteiger partial charge in [-0.05, 0) is 6.92 Å². The van der Waals surface area contributed by atoms with Crippen molar-refractivity contribution in [1.29, 1.82) is 0 Å². The standard InChI is InChI=1S/C62H102N4O46/c1-15-33(80)40(87)43(90)56(100-15)108-50-32(66-19(5)75)55(104-26(12-71)47(50)107-58-45(92)51(38(85)24(10-69)102-58)112-62(60(96)97)7-21(77)30(64-17(3)73)49(111-62)35(82)23(79)9-68)109-52-42(89)37(84)27(101-53(52)93)13-98-54-31(65-18(4)74)39(86)46(25(11-70)103-54)106-57-44(91)41(88)36(83)28(105-57)14-99-61(59(94)95)6-20(76)29(63-16(2)72)48(110-61)34(81)22(78)8-67/h15,20-58,67-71,76-93H,6-14H2,1-5H3,(H,63,72)(H,64,73)(H,65,74)(H,66,75)(H,94,95)(H,96,97)/t15-,20-,21-,22+,23+,24+,25+,26+,27+,28+,29+,30+,31+,32+,33+,34+,35+,36-,37+,38-,39+,40+,41-,42-,43-,44+,45+,46+,47+,48+,49+,50+,51-,52-,53-,54+,55-,56-,57-,58-,61+,62-/m0/s1. The zero-order valence-electron chi connectivity index (χ0n) is 60.2. The Balaban J connectivity index is 0.999. The van der Waals surface area contributed by atoms with E-state index in [1.165, 1.54) is 6.92 Å². The van der Waals surface area contributed by atoms with Gasteiger partial charge in [0, 0.05) is 40.5 Å². The number of rotatable bonds is 31. The summed E-state index contributed by atoms with van der Waals surface area (Å²) in [5, 5.41) is 284. The maximum absolute atomic E-state index is 13.3. The lowest BCUT2D eigenvalue weighted by Crippen LogP contribution is -2.72. The van der Waals surface area contributed by atoms with Crippen molar-refractivity contribution in [2.45, 2.75) is 304 Å². The summed E-state index contributed by atoms with van der Waals surface area (Å²) in [7, 11) is 0. The summed E-state index contributed by atoms with van der Waals surface area (Å²) in [4.78, 5) is 76.5. The van der Waals surface area contributed by atoms with Crippen LogP contribution in [0.4, 0.5) is 0 Å². The highest BCUT2D eigenvalue weighted by atomic mass is 16.8. The summed E-state index contributed by atoms with van der Waals surface area (Å²) in [6.07, 6.45) is -79.2. The first kappa shape index (κ1) is 92.8. The van der Waals surface area contributed by atoms with Crippen molar-refractivity contribution in [3.05, 3.63) is 0 Å². The lowest BCUT2D eigenvalue weighted by Gasteiger charge is -2.52. The highest BCUT2D eigenvalue weighted by Gasteiger charge is 2.64. The van der Waals surface area contributed by atoms with Gasteiger partial charge in [-0.3, -0.25) is 19.2 Å². The van der Waals surface area contributed by atoms with Crippen LogP contribution >= 0.6 is 0 Å². The van der Waals surface area contributed by atoms with Gasteiger partial charge in [-0.2, -0.15) is 0 Å². The second-order valence-corrected chi connectivity index (χ2v) is 28.2. The average Bonchev–Trinajstić information content (AvgIpc) is 0.762. The molecule has 8 fully saturated rings. The van der Waals surface area contributed by atoms with Crippen LogP contribution in [0.15, 0.2) is 0 Å². The largest absolute Gasteiger partial charge is 0.477 e. The maximum atomic E-state index is 13.3. The monoisotopic (exact) mass is 1640 g/mol. The number of amides is 4. The van der Waals surface area contributed by atoms with Crippen LogP contribution in [0.25, 0.3) is 0 Å². The maximum Gasteiger partial charge on any atom is 0.364 e. The molecule has 112 heavy (non-hydrogen) atoms. The Morgan fingerprint density at radius 2 is 0.804 bits per heavy atom. The minimum atomic E-state index is -3.31. The van der Waals surface area contributed by atoms with E-state index in [0.29, 0.717) is 0 Å². The second kappa shape index (κ2) is 39.2. The minimum Gasteiger partial charge on any atom is -0.477 e. The number of hydrogen-bond donors (Lipinski definition) is 29. The third-order valence-corrected chi connectivity index (χ3v) is 20.2. The predicted octanol–water partition coefficient (Wildman–Crippen LogP) is -18.4. The quantitative estimate of drug-likeness (QED) is 0.0306. The summed E-state index contributed by atoms with van der Waals surface area (Å²) in [6, 6.07) is -7.25. The normalized spacial score (nSPS) is 45.9. The molecule has 0 saturated carbocycles. The van der Waals surface area contributed by atoms with Crippen molar-refractivity contribution in [3.63, 3.8) is 0 Å². The molecule has 42 atom stereocenters. The first-order valence-electron chi connectivity index (χ1n) is 35.2. The van der Waals surface area contributed by atoms with Gasteiger partial charge in [-0.15, -0.1) is 0 Å². The molecule has 4 amide bonds. The molecule has 0 aromatic heterocycles. The van der Waals surface area contributed by atoms with Gasteiger partial charge in [-0.1, -0.05) is 0 Å². The number of carbonyl (C=O) groups excluding carboxylic acids is 4. The van der Waals surface area contributed by atoms with Crippen molar-refractivity contribution in [2.75, 3.05) is 46.2 Å². The molecule has 0 aromatic carbocycles. The van der Waals surface area contributed by atoms with Gasteiger partial charge < -0.3 is 220 Å². The lowest BCUT2D eigenvalue weighted by molar-refractivity contribution is -0.398. The molecule has 29 N–H and O–H groups in total. The first-order valence-corrected chi connectivity index (χ1v) is 35.2. The van der Waals surface area contributed by atoms with Gasteiger partial charge in [0.1, 0.15) is 177 Å². The van der Waals surface area contributed by atoms with Crippen molar-refractivity contribution >= 4 is 35.6 Å². The lowest BCUT2D eigenvalue weighted by atomic mass is 9.88. The van der Waals surface area contributed by atoms with Crippen LogP contribution in [-0.4, -0.2) is 466 Å². The van der Waals surface area contributed by atoms with E-state index in [4.69, 9.17) is 71.1 Å². The summed E-state index contributed by atoms with van der Waals surface area (Å²) in [6.45, 7) is -3.13. The number of carboxylic acid groups (broad SMARTS) is 2. The zero-order valence-corrected chi connectivity index (χ0v) is 60.2. The topological polar surface area (TPSA) is 795 Å². The van der Waals surface area contributed by atoms with Crippen LogP contribution < -0.4 is 21.3 Å². The smallest absolute Gasteiger partial charge is 0.364 e. The van der Waals surface area contributed by atoms with Gasteiger partial charge in [0.2, 0.25) is 23.6 Å². The molecule has 0 unspecified atom stereocenters. The highest BCUT2D eigenvalue weighted by molar-refractivity contribution is 5.78. The zero-order chi connectivity index (χ0) is 83.4. The molecule has 0 aliphatic carbocycles. The average molecular weight is 1640 g/mol. The molecule has 50 nitrogen and oxygen atoms in total. The van der Waals surface area contributed by atoms with Gasteiger partial charge >= 0.3 is 11.9 Å². The minimum absolute atomic E-state index is 0.817. The summed E-state index contributed by atoms with van der Waals surface area (Å²) < 4.78 is 87.4. The number of carbonyl (C=O) groups is 6. The van der Waals surface area contributed by atoms with Crippen LogP contribution in [-0.2, 0) is 99.8 Å². The molecule has 8 aliphatic rings. The molecule has 0 spiro atoms. The first-order chi connectivity index (χ1) is 52.5. The predicted molar refractivity (Wildman–Crippen MR) is 344 cm³/mol. The molecule has 0 bridgehead atoms. The molecule has 8 saturated heterocycles. The van der Waals surface area contributed by atoms with Crippen LogP contribution in [0, 0.1) is 0 Å². The molecule has 8 aliphatic heterocycles. The fraction of sp³-hybridized carbons (Fsp3) is 0.903. The SMILES string of the molecule is CC(=O)N[C@H]1[C@H](OC[C@H]2O[C@H](O)[C@@H](O[C@@H]3O[C@H](CO)[C@@H](O[C@@H]4O[C@H](CO)[C@H](O)[C@H](O[C@]5(C(=O)O)C[C@H](O)[C@@H](NC(C)=O)[C@H]([C@H](O)[C@H](O)CO)O5)[C@H]4O)[C@H](O[C@@H]4O[C@@H](C)[C@@H](O)[C@@H](O)[C@@H]4O)[C@H]3NC(C)=O)[C@@H](O)[C@@H]2O)O[C@H](CO)[C@@H](O[C@@H]2O[C@H](CO[C@]3(C(=O)O)C[C@H](O)[C@@H](NC(C)=O)[C@H]([C@H](O)[C@H](O)CO)O3)[C@H](O)[C@H](O)[C@H]2O)[C@@H]1O. The van der Waals surface area contributed by atoms with E-state index in [1.807, 2.05) is 0 Å². The number of nitrogens with one attached hydrogen (secondary N) is 4. The number of ether oxygens (including phenoxy) is 15. The molecule has 8 rings (SSSR count). The van der Waals surface area contributed by atoms with Gasteiger partial charge in [0.25, 0.3) is 11.6 Å². The Kier molecular flexibility index (Phi) is 32.5. The molecule has 646 valence electrons. The molecule has 50 heteroatoms. The van der Waals surface area contributed by atoms with Crippen LogP contribution in [0.2, 0.25) is 0 Å². The molecule has 8 heterocycles. The van der Waals surface area contributed by atoms with E-state index < -0.39 is 351 Å². The van der Waals surface area contributed by atoms with Crippen LogP contribution in [0.1, 0.15) is 47.5 Å². The Labute approximate surface area is 633 Å². The van der Waals surface area contributed by atoms with Gasteiger partial charge in [-0.25, -0.2) is 9.59 Å². The summed E-state index contributed by atoms with van der Waals surface area (Å²) in [5.74, 6) is -14.1. The Morgan fingerprint density at radius 1 is 0.393 bits per heavy atom. The highest BCUT2D eigenvalue weighted by Crippen LogP contribution is 2.42. The van der Waals surface area contributed by atoms with E-state index >= 15 is 0 Å². The van der Waals surface area contributed by atoms with Crippen molar-refractivity contribution in [1.82, 2.24) is 21.3 Å².